The highest BCUT2D eigenvalue weighted by Crippen LogP contribution is 2.55. The number of nitrogens with one attached hydrogen (secondary N) is 1. The van der Waals surface area contributed by atoms with Gasteiger partial charge in [-0.1, -0.05) is 41.5 Å². The number of hydrogen-bond donors (Lipinski definition) is 1. The van der Waals surface area contributed by atoms with E-state index in [-0.39, 0.29) is 34.8 Å². The predicted octanol–water partition coefficient (Wildman–Crippen LogP) is 4.09. The van der Waals surface area contributed by atoms with Crippen LogP contribution >= 0.6 is 0 Å². The molecule has 1 N–H and O–H groups in total. The number of amides is 1. The summed E-state index contributed by atoms with van der Waals surface area (Å²) in [5.74, 6) is 1.12. The second-order valence-corrected chi connectivity index (χ2v) is 9.52. The number of nitriles is 1. The largest absolute Gasteiger partial charge is 0.495 e. The fourth-order valence-electron chi connectivity index (χ4n) is 4.75. The van der Waals surface area contributed by atoms with Gasteiger partial charge in [-0.15, -0.1) is 5.10 Å². The molecule has 1 aromatic heterocycles. The lowest BCUT2D eigenvalue weighted by molar-refractivity contribution is -0.164. The fraction of sp³-hybridized carbons (Fsp3) is 0.500. The van der Waals surface area contributed by atoms with Gasteiger partial charge in [0.15, 0.2) is 5.69 Å². The van der Waals surface area contributed by atoms with E-state index in [4.69, 9.17) is 9.47 Å². The summed E-state index contributed by atoms with van der Waals surface area (Å²) < 4.78 is 11.6. The van der Waals surface area contributed by atoms with Crippen LogP contribution in [0.2, 0.25) is 0 Å². The van der Waals surface area contributed by atoms with Gasteiger partial charge in [0.05, 0.1) is 18.4 Å². The number of hydrogen-bond acceptors (Lipinski definition) is 6. The molecule has 1 saturated carbocycles. The van der Waals surface area contributed by atoms with Crippen LogP contribution in [-0.2, 0) is 0 Å². The highest BCUT2D eigenvalue weighted by molar-refractivity contribution is 5.92. The highest BCUT2D eigenvalue weighted by atomic mass is 16.5. The van der Waals surface area contributed by atoms with E-state index >= 15 is 0 Å². The molecule has 0 unspecified atom stereocenters. The zero-order chi connectivity index (χ0) is 23.0. The Bertz CT molecular complexity index is 990. The first kappa shape index (κ1) is 22.5. The Balaban J connectivity index is 1.75. The normalized spacial score (nSPS) is 21.0. The van der Waals surface area contributed by atoms with Crippen LogP contribution in [0.3, 0.4) is 0 Å². The Labute approximate surface area is 183 Å². The number of ether oxygens (including phenoxy) is 2. The van der Waals surface area contributed by atoms with Crippen molar-refractivity contribution in [1.82, 2.24) is 15.5 Å². The number of aromatic nitrogens is 2. The Morgan fingerprint density at radius 1 is 1.13 bits per heavy atom. The van der Waals surface area contributed by atoms with Crippen LogP contribution in [0.5, 0.6) is 11.5 Å². The summed E-state index contributed by atoms with van der Waals surface area (Å²) in [6.45, 7) is 12.4. The Morgan fingerprint density at radius 2 is 1.81 bits per heavy atom. The van der Waals surface area contributed by atoms with E-state index in [1.165, 1.54) is 7.11 Å². The molecular weight excluding hydrogens is 392 g/mol. The summed E-state index contributed by atoms with van der Waals surface area (Å²) in [4.78, 5) is 12.8. The monoisotopic (exact) mass is 422 g/mol. The van der Waals surface area contributed by atoms with Crippen molar-refractivity contribution in [2.75, 3.05) is 7.11 Å². The van der Waals surface area contributed by atoms with Crippen LogP contribution in [0.4, 0.5) is 0 Å². The molecule has 1 amide bonds. The van der Waals surface area contributed by atoms with E-state index in [1.807, 2.05) is 19.9 Å². The molecule has 7 nitrogen and oxygen atoms in total. The molecule has 0 saturated heterocycles. The zero-order valence-corrected chi connectivity index (χ0v) is 19.2. The topological polar surface area (TPSA) is 97.1 Å². The molecule has 7 heteroatoms. The van der Waals surface area contributed by atoms with Crippen LogP contribution in [0.25, 0.3) is 0 Å². The minimum Gasteiger partial charge on any atom is -0.495 e. The summed E-state index contributed by atoms with van der Waals surface area (Å²) in [6, 6.07) is 10.7. The number of carbonyl (C=O) groups excluding carboxylic acids is 1. The molecule has 0 aliphatic heterocycles. The van der Waals surface area contributed by atoms with Gasteiger partial charge >= 0.3 is 0 Å². The maximum Gasteiger partial charge on any atom is 0.272 e. The fourth-order valence-corrected chi connectivity index (χ4v) is 4.75. The van der Waals surface area contributed by atoms with Crippen LogP contribution in [-0.4, -0.2) is 35.4 Å². The zero-order valence-electron chi connectivity index (χ0n) is 19.2. The molecule has 0 spiro atoms. The number of methoxy groups -OCH3 is 1. The summed E-state index contributed by atoms with van der Waals surface area (Å²) in [7, 11) is 1.53. The minimum atomic E-state index is -0.328. The second kappa shape index (κ2) is 8.18. The SMILES string of the molecule is COc1cc(OC2C(C)(C)C(NC(=O)c3ccc(C(C)C)nn3)C2(C)C)ccc1C#N. The van der Waals surface area contributed by atoms with Crippen molar-refractivity contribution in [2.24, 2.45) is 10.8 Å². The van der Waals surface area contributed by atoms with E-state index < -0.39 is 0 Å². The molecule has 1 heterocycles. The average Bonchev–Trinajstić information content (AvgIpc) is 2.74. The maximum absolute atomic E-state index is 12.8. The van der Waals surface area contributed by atoms with Crippen molar-refractivity contribution in [1.29, 1.82) is 5.26 Å². The van der Waals surface area contributed by atoms with Crippen molar-refractivity contribution in [3.05, 3.63) is 47.3 Å². The van der Waals surface area contributed by atoms with Gasteiger partial charge in [-0.25, -0.2) is 0 Å². The van der Waals surface area contributed by atoms with Crippen LogP contribution < -0.4 is 14.8 Å². The lowest BCUT2D eigenvalue weighted by Gasteiger charge is -2.63. The number of nitrogens with zero attached hydrogens (tertiary/aromatic N) is 3. The lowest BCUT2D eigenvalue weighted by atomic mass is 9.49. The van der Waals surface area contributed by atoms with Crippen molar-refractivity contribution in [2.45, 2.75) is 59.6 Å². The van der Waals surface area contributed by atoms with Crippen molar-refractivity contribution < 1.29 is 14.3 Å². The maximum atomic E-state index is 12.8. The summed E-state index contributed by atoms with van der Waals surface area (Å²) >= 11 is 0. The van der Waals surface area contributed by atoms with Gasteiger partial charge in [-0.2, -0.15) is 10.4 Å². The van der Waals surface area contributed by atoms with Gasteiger partial charge in [0.25, 0.3) is 5.91 Å². The molecule has 2 aromatic rings. The highest BCUT2D eigenvalue weighted by Gasteiger charge is 2.64. The molecule has 0 bridgehead atoms. The van der Waals surface area contributed by atoms with Crippen LogP contribution in [0, 0.1) is 22.2 Å². The van der Waals surface area contributed by atoms with Crippen molar-refractivity contribution in [3.63, 3.8) is 0 Å². The first-order valence-electron chi connectivity index (χ1n) is 10.4. The van der Waals surface area contributed by atoms with Gasteiger partial charge in [-0.05, 0) is 30.2 Å². The number of carbonyl (C=O) groups is 1. The quantitative estimate of drug-likeness (QED) is 0.753. The molecule has 0 radical (unpaired) electrons. The molecule has 31 heavy (non-hydrogen) atoms. The molecule has 1 aliphatic rings. The van der Waals surface area contributed by atoms with Gasteiger partial charge in [-0.3, -0.25) is 4.79 Å². The third-order valence-corrected chi connectivity index (χ3v) is 6.17. The van der Waals surface area contributed by atoms with E-state index in [0.717, 1.165) is 5.69 Å². The van der Waals surface area contributed by atoms with Crippen LogP contribution in [0.15, 0.2) is 30.3 Å². The minimum absolute atomic E-state index is 0.121. The molecule has 1 aliphatic carbocycles. The standard InChI is InChI=1S/C24H30N4O3/c1-14(2)17-10-11-18(28-27-17)20(29)26-21-23(3,4)22(24(21,5)6)31-16-9-8-15(13-25)19(12-16)30-7/h8-12,14,21-22H,1-7H3,(H,26,29). The second-order valence-electron chi connectivity index (χ2n) is 9.52. The number of rotatable bonds is 6. The molecule has 0 atom stereocenters. The third-order valence-electron chi connectivity index (χ3n) is 6.17. The molecule has 3 rings (SSSR count). The van der Waals surface area contributed by atoms with E-state index in [9.17, 15) is 10.1 Å². The molecular formula is C24H30N4O3. The van der Waals surface area contributed by atoms with E-state index in [2.05, 4.69) is 49.3 Å². The first-order valence-corrected chi connectivity index (χ1v) is 10.4. The first-order chi connectivity index (χ1) is 14.5. The Hall–Kier alpha value is -3.14. The lowest BCUT2D eigenvalue weighted by Crippen LogP contribution is -2.74. The Morgan fingerprint density at radius 3 is 2.32 bits per heavy atom. The molecule has 1 aromatic carbocycles. The third kappa shape index (κ3) is 4.07. The number of benzene rings is 1. The van der Waals surface area contributed by atoms with Gasteiger partial charge < -0.3 is 14.8 Å². The smallest absolute Gasteiger partial charge is 0.272 e. The van der Waals surface area contributed by atoms with Crippen molar-refractivity contribution >= 4 is 5.91 Å². The molecule has 1 fully saturated rings. The Kier molecular flexibility index (Phi) is 5.95. The van der Waals surface area contributed by atoms with Crippen molar-refractivity contribution in [3.8, 4) is 17.6 Å². The van der Waals surface area contributed by atoms with E-state index in [0.29, 0.717) is 22.8 Å². The van der Waals surface area contributed by atoms with E-state index in [1.54, 1.807) is 24.3 Å². The van der Waals surface area contributed by atoms with Gasteiger partial charge in [0.1, 0.15) is 23.7 Å². The summed E-state index contributed by atoms with van der Waals surface area (Å²) in [5, 5.41) is 20.6. The average molecular weight is 423 g/mol. The summed E-state index contributed by atoms with van der Waals surface area (Å²) in [5.41, 5.74) is 0.957. The summed E-state index contributed by atoms with van der Waals surface area (Å²) in [6.07, 6.45) is -0.155. The van der Waals surface area contributed by atoms with Gasteiger partial charge in [0, 0.05) is 22.9 Å². The van der Waals surface area contributed by atoms with Crippen LogP contribution in [0.1, 0.15) is 69.2 Å². The predicted molar refractivity (Wildman–Crippen MR) is 117 cm³/mol. The molecule has 164 valence electrons. The van der Waals surface area contributed by atoms with Gasteiger partial charge in [0.2, 0.25) is 0 Å².